The third-order valence-corrected chi connectivity index (χ3v) is 10.5. The zero-order chi connectivity index (χ0) is 43.4. The monoisotopic (exact) mass is 1060 g/mol. The summed E-state index contributed by atoms with van der Waals surface area (Å²) in [5.74, 6) is -0.500. The number of hydrogen-bond acceptors (Lipinski definition) is 14. The quantitative estimate of drug-likeness (QED) is 0.0213. The van der Waals surface area contributed by atoms with Crippen LogP contribution in [0, 0.1) is 7.14 Å². The van der Waals surface area contributed by atoms with Crippen molar-refractivity contribution in [2.75, 3.05) is 13.2 Å². The number of hydrogen-bond donors (Lipinski definition) is 2. The standard InChI is InChI=1S/C21H26ClIN2O5.C21H27IN2O5/c1-21(2,3)29-16(26)12-15(18-17(23)19(30-25-18)20(22)24-27)10-7-11-28-13-14-8-5-4-6-9-14;1-21(2,3)28-18(25)12-16(20-19(22)17(13-23-26)29-24-20)10-7-11-27-14-15-8-5-4-6-9-15/h4-6,8-9,15,27H,7,10-13H2,1-3H3;4-6,8-9,13,16,26H,7,10-12,14H2,1-3H3/b24-20-;23-13+/t15-;16-/m00/s1. The van der Waals surface area contributed by atoms with Crippen molar-refractivity contribution in [2.45, 2.75) is 116 Å². The fourth-order valence-electron chi connectivity index (χ4n) is 5.64. The number of aromatic nitrogens is 2. The minimum atomic E-state index is -0.574. The molecule has 0 radical (unpaired) electrons. The Morgan fingerprint density at radius 1 is 0.746 bits per heavy atom. The molecular formula is C42H53ClI2N4O10. The maximum atomic E-state index is 12.4. The van der Waals surface area contributed by atoms with Crippen LogP contribution >= 0.6 is 56.8 Å². The van der Waals surface area contributed by atoms with Gasteiger partial charge in [0, 0.05) is 25.0 Å². The van der Waals surface area contributed by atoms with Gasteiger partial charge < -0.3 is 38.4 Å². The van der Waals surface area contributed by atoms with Crippen molar-refractivity contribution in [1.82, 2.24) is 10.3 Å². The molecule has 0 bridgehead atoms. The first kappa shape index (κ1) is 49.8. The van der Waals surface area contributed by atoms with Gasteiger partial charge in [-0.05, 0) is 124 Å². The normalized spacial score (nSPS) is 13.1. The first-order valence-electron chi connectivity index (χ1n) is 19.0. The van der Waals surface area contributed by atoms with Crippen LogP contribution in [0.25, 0.3) is 0 Å². The van der Waals surface area contributed by atoms with Crippen molar-refractivity contribution in [2.24, 2.45) is 10.3 Å². The molecule has 0 fully saturated rings. The molecule has 0 amide bonds. The third-order valence-electron chi connectivity index (χ3n) is 8.14. The van der Waals surface area contributed by atoms with Crippen LogP contribution in [-0.4, -0.2) is 68.5 Å². The number of carbonyl (C=O) groups is 2. The van der Waals surface area contributed by atoms with Gasteiger partial charge in [-0.15, -0.1) is 0 Å². The van der Waals surface area contributed by atoms with E-state index >= 15 is 0 Å². The average Bonchev–Trinajstić information content (AvgIpc) is 3.74. The lowest BCUT2D eigenvalue weighted by atomic mass is 9.95. The summed E-state index contributed by atoms with van der Waals surface area (Å²) in [7, 11) is 0. The lowest BCUT2D eigenvalue weighted by Gasteiger charge is -2.21. The number of carbonyl (C=O) groups excluding carboxylic acids is 2. The van der Waals surface area contributed by atoms with Crippen molar-refractivity contribution < 1.29 is 48.0 Å². The number of esters is 2. The Bertz CT molecular complexity index is 1930. The van der Waals surface area contributed by atoms with Crippen molar-refractivity contribution >= 4 is 80.1 Å². The molecule has 2 atom stereocenters. The zero-order valence-electron chi connectivity index (χ0n) is 34.2. The highest BCUT2D eigenvalue weighted by molar-refractivity contribution is 14.1. The molecule has 0 spiro atoms. The predicted molar refractivity (Wildman–Crippen MR) is 239 cm³/mol. The van der Waals surface area contributed by atoms with Crippen molar-refractivity contribution in [3.8, 4) is 0 Å². The first-order chi connectivity index (χ1) is 28.0. The lowest BCUT2D eigenvalue weighted by molar-refractivity contribution is -0.156. The van der Waals surface area contributed by atoms with Crippen molar-refractivity contribution in [3.63, 3.8) is 0 Å². The molecule has 0 aliphatic rings. The van der Waals surface area contributed by atoms with E-state index in [9.17, 15) is 9.59 Å². The molecule has 2 N–H and O–H groups in total. The van der Waals surface area contributed by atoms with E-state index in [1.807, 2.05) is 125 Å². The topological polar surface area (TPSA) is 188 Å². The summed E-state index contributed by atoms with van der Waals surface area (Å²) >= 11 is 9.97. The third kappa shape index (κ3) is 18.7. The molecule has 14 nitrogen and oxygen atoms in total. The SMILES string of the molecule is CC(C)(C)OC(=O)C[C@H](CCCOCc1ccccc1)c1noc(/C(Cl)=N/O)c1I.CC(C)(C)OC(=O)C[C@H](CCCOCc1ccccc1)c1noc(/C=N/O)c1I. The summed E-state index contributed by atoms with van der Waals surface area (Å²) in [5.41, 5.74) is 2.35. The Labute approximate surface area is 377 Å². The van der Waals surface area contributed by atoms with E-state index in [-0.39, 0.29) is 47.5 Å². The molecule has 0 saturated carbocycles. The number of oxime groups is 2. The van der Waals surface area contributed by atoms with Gasteiger partial charge in [0.15, 0.2) is 5.76 Å². The summed E-state index contributed by atoms with van der Waals surface area (Å²) in [6.07, 6.45) is 4.33. The van der Waals surface area contributed by atoms with Crippen molar-refractivity contribution in [3.05, 3.63) is 102 Å². The van der Waals surface area contributed by atoms with Gasteiger partial charge in [0.05, 0.1) is 33.2 Å². The van der Waals surface area contributed by atoms with Crippen LogP contribution in [0.2, 0.25) is 0 Å². The summed E-state index contributed by atoms with van der Waals surface area (Å²) in [4.78, 5) is 24.8. The number of benzene rings is 2. The molecule has 59 heavy (non-hydrogen) atoms. The highest BCUT2D eigenvalue weighted by Gasteiger charge is 2.29. The molecule has 0 saturated heterocycles. The second-order valence-corrected chi connectivity index (χ2v) is 17.9. The highest BCUT2D eigenvalue weighted by Crippen LogP contribution is 2.33. The van der Waals surface area contributed by atoms with Gasteiger partial charge in [-0.3, -0.25) is 9.59 Å². The fourth-order valence-corrected chi connectivity index (χ4v) is 7.60. The summed E-state index contributed by atoms with van der Waals surface area (Å²) < 4.78 is 34.2. The van der Waals surface area contributed by atoms with Gasteiger partial charge in [-0.25, -0.2) is 0 Å². The lowest BCUT2D eigenvalue weighted by Crippen LogP contribution is -2.25. The summed E-state index contributed by atoms with van der Waals surface area (Å²) in [6.45, 7) is 13.2. The summed E-state index contributed by atoms with van der Waals surface area (Å²) in [5, 5.41) is 31.6. The smallest absolute Gasteiger partial charge is 0.306 e. The van der Waals surface area contributed by atoms with Crippen LogP contribution < -0.4 is 0 Å². The van der Waals surface area contributed by atoms with Crippen LogP contribution in [0.4, 0.5) is 0 Å². The maximum Gasteiger partial charge on any atom is 0.306 e. The van der Waals surface area contributed by atoms with E-state index in [2.05, 4.69) is 43.2 Å². The van der Waals surface area contributed by atoms with Gasteiger partial charge in [-0.1, -0.05) is 92.9 Å². The molecule has 2 aromatic heterocycles. The van der Waals surface area contributed by atoms with E-state index in [4.69, 9.17) is 50.0 Å². The fraction of sp³-hybridized carbons (Fsp3) is 0.476. The minimum Gasteiger partial charge on any atom is -0.460 e. The van der Waals surface area contributed by atoms with Gasteiger partial charge >= 0.3 is 11.9 Å². The minimum absolute atomic E-state index is 0.145. The second-order valence-electron chi connectivity index (χ2n) is 15.4. The largest absolute Gasteiger partial charge is 0.460 e. The van der Waals surface area contributed by atoms with Crippen LogP contribution in [0.1, 0.15) is 126 Å². The molecule has 0 unspecified atom stereocenters. The Kier molecular flexibility index (Phi) is 21.3. The van der Waals surface area contributed by atoms with E-state index in [0.717, 1.165) is 27.5 Å². The van der Waals surface area contributed by atoms with Gasteiger partial charge in [-0.2, -0.15) is 0 Å². The number of rotatable bonds is 20. The van der Waals surface area contributed by atoms with E-state index in [1.165, 1.54) is 6.21 Å². The average molecular weight is 1060 g/mol. The Morgan fingerprint density at radius 2 is 1.19 bits per heavy atom. The predicted octanol–water partition coefficient (Wildman–Crippen LogP) is 10.4. The van der Waals surface area contributed by atoms with Crippen molar-refractivity contribution in [1.29, 1.82) is 0 Å². The van der Waals surface area contributed by atoms with Gasteiger partial charge in [0.1, 0.15) is 28.8 Å². The molecule has 17 heteroatoms. The van der Waals surface area contributed by atoms with Crippen LogP contribution in [0.5, 0.6) is 0 Å². The number of ether oxygens (including phenoxy) is 4. The molecule has 4 aromatic rings. The van der Waals surface area contributed by atoms with Gasteiger partial charge in [0.25, 0.3) is 0 Å². The molecular weight excluding hydrogens is 1010 g/mol. The Morgan fingerprint density at radius 3 is 1.61 bits per heavy atom. The van der Waals surface area contributed by atoms with Crippen LogP contribution in [-0.2, 0) is 41.8 Å². The van der Waals surface area contributed by atoms with Gasteiger partial charge in [0.2, 0.25) is 10.9 Å². The second kappa shape index (κ2) is 25.2. The Balaban J connectivity index is 0.000000316. The van der Waals surface area contributed by atoms with Crippen LogP contribution in [0.3, 0.4) is 0 Å². The summed E-state index contributed by atoms with van der Waals surface area (Å²) in [6, 6.07) is 19.9. The van der Waals surface area contributed by atoms with E-state index in [1.54, 1.807) is 0 Å². The number of halogens is 3. The zero-order valence-corrected chi connectivity index (χ0v) is 39.2. The molecule has 2 heterocycles. The maximum absolute atomic E-state index is 12.4. The molecule has 4 rings (SSSR count). The molecule has 0 aliphatic heterocycles. The van der Waals surface area contributed by atoms with E-state index < -0.39 is 11.2 Å². The van der Waals surface area contributed by atoms with Crippen LogP contribution in [0.15, 0.2) is 80.0 Å². The highest BCUT2D eigenvalue weighted by atomic mass is 127. The first-order valence-corrected chi connectivity index (χ1v) is 21.6. The van der Waals surface area contributed by atoms with E-state index in [0.29, 0.717) is 60.0 Å². The Hall–Kier alpha value is -3.59. The molecule has 322 valence electrons. The number of nitrogens with zero attached hydrogens (tertiary/aromatic N) is 4. The molecule has 0 aliphatic carbocycles. The molecule has 2 aromatic carbocycles.